The summed E-state index contributed by atoms with van der Waals surface area (Å²) in [4.78, 5) is 50.7. The van der Waals surface area contributed by atoms with E-state index in [4.69, 9.17) is 18.9 Å². The molecule has 2 aliphatic heterocycles. The summed E-state index contributed by atoms with van der Waals surface area (Å²) in [6, 6.07) is 0. The Labute approximate surface area is 225 Å². The molecule has 4 bridgehead atoms. The molecular formula is C24H30NO12S2-. The molecule has 0 spiro atoms. The van der Waals surface area contributed by atoms with Gasteiger partial charge in [0, 0.05) is 12.8 Å². The maximum Gasteiger partial charge on any atom is 0.328 e. The minimum atomic E-state index is -5.15. The molecule has 39 heavy (non-hydrogen) atoms. The maximum atomic E-state index is 13.2. The summed E-state index contributed by atoms with van der Waals surface area (Å²) in [6.07, 6.45) is 2.92. The van der Waals surface area contributed by atoms with Gasteiger partial charge in [0.15, 0.2) is 0 Å². The van der Waals surface area contributed by atoms with Crippen molar-refractivity contribution < 1.29 is 55.0 Å². The second-order valence-corrected chi connectivity index (χ2v) is 17.3. The number of hydrogen-bond acceptors (Lipinski definition) is 12. The lowest BCUT2D eigenvalue weighted by molar-refractivity contribution is -0.225. The van der Waals surface area contributed by atoms with Gasteiger partial charge in [-0.2, -0.15) is 0 Å². The van der Waals surface area contributed by atoms with Gasteiger partial charge in [-0.1, -0.05) is 0 Å². The van der Waals surface area contributed by atoms with Crippen molar-refractivity contribution >= 4 is 43.9 Å². The van der Waals surface area contributed by atoms with Crippen LogP contribution in [0.15, 0.2) is 0 Å². The van der Waals surface area contributed by atoms with E-state index in [1.807, 2.05) is 0 Å². The zero-order valence-electron chi connectivity index (χ0n) is 21.9. The van der Waals surface area contributed by atoms with Crippen molar-refractivity contribution in [2.24, 2.45) is 35.5 Å². The molecule has 15 heteroatoms. The van der Waals surface area contributed by atoms with E-state index in [-0.39, 0.29) is 36.5 Å². The van der Waals surface area contributed by atoms with Gasteiger partial charge in [0.1, 0.15) is 9.49 Å². The fourth-order valence-corrected chi connectivity index (χ4v) is 10.3. The fraction of sp³-hybridized carbons (Fsp3) is 0.833. The Kier molecular flexibility index (Phi) is 5.33. The average Bonchev–Trinajstić information content (AvgIpc) is 3.58. The third-order valence-corrected chi connectivity index (χ3v) is 14.2. The Morgan fingerprint density at radius 3 is 1.44 bits per heavy atom. The van der Waals surface area contributed by atoms with Gasteiger partial charge in [0.2, 0.25) is 0 Å². The zero-order chi connectivity index (χ0) is 28.6. The predicted molar refractivity (Wildman–Crippen MR) is 128 cm³/mol. The van der Waals surface area contributed by atoms with Crippen LogP contribution in [0.1, 0.15) is 66.2 Å². The lowest BCUT2D eigenvalue weighted by atomic mass is 9.87. The van der Waals surface area contributed by atoms with Crippen LogP contribution in [0.2, 0.25) is 0 Å². The van der Waals surface area contributed by atoms with E-state index in [9.17, 15) is 36.0 Å². The number of rotatable bonds is 8. The number of esters is 4. The number of carbonyl (C=O) groups excluding carboxylic acids is 4. The Hall–Kier alpha value is -2.26. The van der Waals surface area contributed by atoms with Crippen molar-refractivity contribution in [3.05, 3.63) is 4.13 Å². The molecule has 6 aliphatic rings. The van der Waals surface area contributed by atoms with Gasteiger partial charge >= 0.3 is 23.9 Å². The van der Waals surface area contributed by atoms with Crippen molar-refractivity contribution in [1.29, 1.82) is 0 Å². The Bertz CT molecular complexity index is 1310. The summed E-state index contributed by atoms with van der Waals surface area (Å²) in [7, 11) is -10.3. The Morgan fingerprint density at radius 2 is 1.10 bits per heavy atom. The molecule has 6 rings (SSSR count). The number of ether oxygens (including phenoxy) is 4. The summed E-state index contributed by atoms with van der Waals surface area (Å²) in [6.45, 7) is 3.72. The molecule has 0 aromatic rings. The lowest BCUT2D eigenvalue weighted by Gasteiger charge is -2.39. The number of hydrogen-bond donors (Lipinski definition) is 0. The first kappa shape index (κ1) is 26.9. The van der Waals surface area contributed by atoms with Gasteiger partial charge in [-0.05, 0) is 65.2 Å². The summed E-state index contributed by atoms with van der Waals surface area (Å²) < 4.78 is 72.7. The highest BCUT2D eigenvalue weighted by Crippen LogP contribution is 2.62. The maximum absolute atomic E-state index is 13.2. The van der Waals surface area contributed by atoms with Gasteiger partial charge in [0.05, 0.1) is 43.7 Å². The first-order valence-corrected chi connectivity index (χ1v) is 15.9. The highest BCUT2D eigenvalue weighted by molar-refractivity contribution is 8.14. The second kappa shape index (κ2) is 7.72. The molecular weight excluding hydrogens is 558 g/mol. The first-order chi connectivity index (χ1) is 17.8. The van der Waals surface area contributed by atoms with Crippen LogP contribution in [0.25, 0.3) is 4.13 Å². The lowest BCUT2D eigenvalue weighted by Crippen LogP contribution is -2.51. The molecule has 2 heterocycles. The van der Waals surface area contributed by atoms with Crippen LogP contribution in [-0.4, -0.2) is 61.8 Å². The van der Waals surface area contributed by atoms with Crippen molar-refractivity contribution in [2.45, 2.75) is 87.3 Å². The summed E-state index contributed by atoms with van der Waals surface area (Å²) in [5.41, 5.74) is 0. The number of sulfonamides is 2. The van der Waals surface area contributed by atoms with E-state index in [0.717, 1.165) is 27.7 Å². The number of nitrogens with zero attached hydrogens (tertiary/aromatic N) is 1. The van der Waals surface area contributed by atoms with Crippen molar-refractivity contribution in [1.82, 2.24) is 0 Å². The Morgan fingerprint density at radius 1 is 0.744 bits per heavy atom. The molecule has 13 nitrogen and oxygen atoms in total. The van der Waals surface area contributed by atoms with Crippen LogP contribution in [0, 0.1) is 35.5 Å². The third kappa shape index (κ3) is 3.51. The van der Waals surface area contributed by atoms with E-state index in [2.05, 4.69) is 4.13 Å². The molecule has 4 saturated carbocycles. The Balaban J connectivity index is 1.18. The first-order valence-electron chi connectivity index (χ1n) is 13.0. The standard InChI is InChI=1S/C24H30NO12S2/c1-21(2,19(28)36-23-9-11-5-13(15(23)7-11)17(26)34-23)38(30,31)25-39(32,33)22(3,4)20(29)37-24-10-12-6-14(16(24)8-12)18(27)35-24/h11-16H,5-10H2,1-4H3/q-1. The highest BCUT2D eigenvalue weighted by atomic mass is 32.3. The van der Waals surface area contributed by atoms with Crippen LogP contribution in [0.3, 0.4) is 0 Å². The molecule has 4 aliphatic carbocycles. The van der Waals surface area contributed by atoms with Crippen LogP contribution in [0.5, 0.6) is 0 Å². The molecule has 2 saturated heterocycles. The van der Waals surface area contributed by atoms with Gasteiger partial charge in [0.25, 0.3) is 11.6 Å². The van der Waals surface area contributed by atoms with Gasteiger partial charge in [-0.15, -0.1) is 0 Å². The fourth-order valence-electron chi connectivity index (χ4n) is 7.31. The van der Waals surface area contributed by atoms with Gasteiger partial charge in [-0.25, -0.2) is 16.8 Å². The van der Waals surface area contributed by atoms with E-state index in [0.29, 0.717) is 25.7 Å². The normalized spacial score (nSPS) is 40.1. The molecule has 0 aromatic heterocycles. The number of carbonyl (C=O) groups is 4. The minimum absolute atomic E-state index is 0.0971. The topological polar surface area (TPSA) is 188 Å². The monoisotopic (exact) mass is 588 g/mol. The SMILES string of the molecule is CC(C)(C(=O)OC12CC3CC(C(=O)O1)C2C3)S(=O)(=O)[N-]S(=O)(=O)C(C)(C)C(=O)OC12CC3CC(C(=O)O1)C2C3. The van der Waals surface area contributed by atoms with Crippen LogP contribution in [-0.2, 0) is 58.2 Å². The molecule has 8 atom stereocenters. The summed E-state index contributed by atoms with van der Waals surface area (Å²) in [5.74, 6) is -8.23. The van der Waals surface area contributed by atoms with Crippen molar-refractivity contribution in [3.63, 3.8) is 0 Å². The van der Waals surface area contributed by atoms with E-state index < -0.39 is 76.8 Å². The van der Waals surface area contributed by atoms with Crippen LogP contribution >= 0.6 is 0 Å². The van der Waals surface area contributed by atoms with E-state index in [1.165, 1.54) is 0 Å². The second-order valence-electron chi connectivity index (χ2n) is 12.8. The molecule has 6 fully saturated rings. The predicted octanol–water partition coefficient (Wildman–Crippen LogP) is 1.26. The zero-order valence-corrected chi connectivity index (χ0v) is 23.5. The summed E-state index contributed by atoms with van der Waals surface area (Å²) in [5, 5.41) is 0. The van der Waals surface area contributed by atoms with Crippen molar-refractivity contribution in [3.8, 4) is 0 Å². The smallest absolute Gasteiger partial charge is 0.328 e. The highest BCUT2D eigenvalue weighted by Gasteiger charge is 2.70. The van der Waals surface area contributed by atoms with Gasteiger partial charge < -0.3 is 23.1 Å². The van der Waals surface area contributed by atoms with Gasteiger partial charge in [-0.3, -0.25) is 19.2 Å². The minimum Gasteiger partial charge on any atom is -0.434 e. The molecule has 0 amide bonds. The molecule has 0 aromatic carbocycles. The van der Waals surface area contributed by atoms with E-state index >= 15 is 0 Å². The average molecular weight is 589 g/mol. The molecule has 8 unspecified atom stereocenters. The molecule has 0 radical (unpaired) electrons. The third-order valence-electron chi connectivity index (χ3n) is 9.75. The van der Waals surface area contributed by atoms with Crippen LogP contribution in [0.4, 0.5) is 0 Å². The molecule has 0 N–H and O–H groups in total. The van der Waals surface area contributed by atoms with Crippen molar-refractivity contribution in [2.75, 3.05) is 0 Å². The number of fused-ring (bicyclic) bond motifs is 2. The summed E-state index contributed by atoms with van der Waals surface area (Å²) >= 11 is 0. The van der Waals surface area contributed by atoms with E-state index in [1.54, 1.807) is 0 Å². The quantitative estimate of drug-likeness (QED) is 0.370. The largest absolute Gasteiger partial charge is 0.434 e. The van der Waals surface area contributed by atoms with Crippen LogP contribution < -0.4 is 0 Å². The molecule has 216 valence electrons.